The molecule has 3 atom stereocenters. The van der Waals surface area contributed by atoms with Gasteiger partial charge in [-0.3, -0.25) is 4.79 Å². The van der Waals surface area contributed by atoms with E-state index in [0.717, 1.165) is 44.9 Å². The molecule has 4 N–H and O–H groups in total. The number of carbonyl (C=O) groups excluding carboxylic acids is 1. The predicted molar refractivity (Wildman–Crippen MR) is 273 cm³/mol. The summed E-state index contributed by atoms with van der Waals surface area (Å²) >= 11 is 0. The maximum Gasteiger partial charge on any atom is 0.220 e. The molecule has 0 saturated heterocycles. The zero-order valence-corrected chi connectivity index (χ0v) is 41.8. The minimum atomic E-state index is -1.17. The molecule has 0 aromatic heterocycles. The van der Waals surface area contributed by atoms with Crippen molar-refractivity contribution in [2.45, 2.75) is 315 Å². The molecule has 0 spiro atoms. The molecule has 5 heteroatoms. The summed E-state index contributed by atoms with van der Waals surface area (Å²) in [6, 6.07) is -0.832. The van der Waals surface area contributed by atoms with Crippen LogP contribution in [0, 0.1) is 0 Å². The number of carbonyl (C=O) groups is 1. The molecule has 0 aromatic carbocycles. The molecule has 1 amide bonds. The predicted octanol–water partition coefficient (Wildman–Crippen LogP) is 17.1. The van der Waals surface area contributed by atoms with Gasteiger partial charge in [-0.1, -0.05) is 249 Å². The molecular formula is C57H109NO4. The maximum absolute atomic E-state index is 12.5. The van der Waals surface area contributed by atoms with Crippen molar-refractivity contribution in [1.82, 2.24) is 5.32 Å². The van der Waals surface area contributed by atoms with Gasteiger partial charge >= 0.3 is 0 Å². The fourth-order valence-electron chi connectivity index (χ4n) is 8.65. The minimum Gasteiger partial charge on any atom is -0.394 e. The Bertz CT molecular complexity index is 962. The molecule has 0 heterocycles. The first kappa shape index (κ1) is 60.6. The van der Waals surface area contributed by atoms with Crippen molar-refractivity contribution in [2.75, 3.05) is 6.61 Å². The first-order chi connectivity index (χ1) is 30.6. The summed E-state index contributed by atoms with van der Waals surface area (Å²) in [7, 11) is 0. The number of unbranched alkanes of at least 4 members (excludes halogenated alkanes) is 37. The Morgan fingerprint density at radius 1 is 0.387 bits per heavy atom. The van der Waals surface area contributed by atoms with E-state index in [0.29, 0.717) is 12.8 Å². The Labute approximate surface area is 387 Å². The summed E-state index contributed by atoms with van der Waals surface area (Å²) in [6.45, 7) is 4.19. The highest BCUT2D eigenvalue weighted by molar-refractivity contribution is 5.76. The number of hydrogen-bond donors (Lipinski definition) is 4. The van der Waals surface area contributed by atoms with E-state index in [4.69, 9.17) is 0 Å². The third-order valence-electron chi connectivity index (χ3n) is 12.9. The van der Waals surface area contributed by atoms with Crippen LogP contribution in [0.5, 0.6) is 0 Å². The van der Waals surface area contributed by atoms with Gasteiger partial charge in [-0.15, -0.1) is 0 Å². The first-order valence-electron chi connectivity index (χ1n) is 27.8. The van der Waals surface area contributed by atoms with Crippen LogP contribution < -0.4 is 5.32 Å². The fourth-order valence-corrected chi connectivity index (χ4v) is 8.65. The molecule has 0 bridgehead atoms. The second-order valence-corrected chi connectivity index (χ2v) is 19.1. The number of hydrogen-bond acceptors (Lipinski definition) is 4. The lowest BCUT2D eigenvalue weighted by molar-refractivity contribution is -0.124. The number of aliphatic hydroxyl groups is 3. The maximum atomic E-state index is 12.5. The molecule has 0 aliphatic carbocycles. The van der Waals surface area contributed by atoms with Crippen molar-refractivity contribution in [3.63, 3.8) is 0 Å². The monoisotopic (exact) mass is 872 g/mol. The van der Waals surface area contributed by atoms with Crippen molar-refractivity contribution < 1.29 is 20.1 Å². The van der Waals surface area contributed by atoms with Crippen LogP contribution >= 0.6 is 0 Å². The zero-order chi connectivity index (χ0) is 45.1. The third kappa shape index (κ3) is 46.6. The lowest BCUT2D eigenvalue weighted by atomic mass is 10.0. The van der Waals surface area contributed by atoms with E-state index in [-0.39, 0.29) is 12.5 Å². The molecule has 0 saturated carbocycles. The van der Waals surface area contributed by atoms with Crippen LogP contribution in [-0.4, -0.2) is 46.1 Å². The van der Waals surface area contributed by atoms with Gasteiger partial charge in [-0.2, -0.15) is 0 Å². The lowest BCUT2D eigenvalue weighted by Gasteiger charge is -2.26. The quantitative estimate of drug-likeness (QED) is 0.0362. The van der Waals surface area contributed by atoms with Crippen molar-refractivity contribution in [2.24, 2.45) is 0 Å². The lowest BCUT2D eigenvalue weighted by Crippen LogP contribution is -2.50. The van der Waals surface area contributed by atoms with Crippen LogP contribution in [0.4, 0.5) is 0 Å². The average Bonchev–Trinajstić information content (AvgIpc) is 3.28. The minimum absolute atomic E-state index is 0.155. The van der Waals surface area contributed by atoms with Gasteiger partial charge in [-0.25, -0.2) is 0 Å². The molecule has 0 radical (unpaired) electrons. The van der Waals surface area contributed by atoms with Gasteiger partial charge in [-0.05, 0) is 77.0 Å². The van der Waals surface area contributed by atoms with E-state index >= 15 is 0 Å². The average molecular weight is 873 g/mol. The summed E-state index contributed by atoms with van der Waals surface area (Å²) in [5.74, 6) is -0.155. The Morgan fingerprint density at radius 3 is 0.984 bits per heavy atom. The Hall–Kier alpha value is -1.43. The van der Waals surface area contributed by atoms with Gasteiger partial charge in [0.2, 0.25) is 5.91 Å². The van der Waals surface area contributed by atoms with Crippen LogP contribution in [-0.2, 0) is 4.79 Å². The van der Waals surface area contributed by atoms with Crippen molar-refractivity contribution in [1.29, 1.82) is 0 Å². The third-order valence-corrected chi connectivity index (χ3v) is 12.9. The van der Waals surface area contributed by atoms with E-state index in [1.165, 1.54) is 225 Å². The SMILES string of the molecule is CCCCCCCCCCCC/C=C/CC/C=C/CCCC(O)C(O)C(CO)NC(=O)CCCCCCCCCCCCCCC/C=C\CCCCCCCCCCCCCC. The Morgan fingerprint density at radius 2 is 0.661 bits per heavy atom. The topological polar surface area (TPSA) is 89.8 Å². The molecule has 0 aromatic rings. The Kier molecular flexibility index (Phi) is 51.0. The molecule has 0 fully saturated rings. The smallest absolute Gasteiger partial charge is 0.220 e. The summed E-state index contributed by atoms with van der Waals surface area (Å²) in [5.41, 5.74) is 0. The molecular weight excluding hydrogens is 763 g/mol. The van der Waals surface area contributed by atoms with Crippen LogP contribution in [0.3, 0.4) is 0 Å². The summed E-state index contributed by atoms with van der Waals surface area (Å²) in [4.78, 5) is 12.5. The van der Waals surface area contributed by atoms with Crippen molar-refractivity contribution >= 4 is 5.91 Å². The largest absolute Gasteiger partial charge is 0.394 e. The molecule has 0 rings (SSSR count). The molecule has 0 aliphatic rings. The normalized spacial score (nSPS) is 13.6. The second-order valence-electron chi connectivity index (χ2n) is 19.1. The molecule has 366 valence electrons. The Balaban J connectivity index is 3.57. The van der Waals surface area contributed by atoms with Crippen LogP contribution in [0.2, 0.25) is 0 Å². The van der Waals surface area contributed by atoms with Gasteiger partial charge in [0, 0.05) is 6.42 Å². The van der Waals surface area contributed by atoms with E-state index in [1.807, 2.05) is 0 Å². The molecule has 5 nitrogen and oxygen atoms in total. The second kappa shape index (κ2) is 52.2. The molecule has 0 aliphatic heterocycles. The highest BCUT2D eigenvalue weighted by Gasteiger charge is 2.26. The van der Waals surface area contributed by atoms with Gasteiger partial charge in [0.05, 0.1) is 18.8 Å². The summed E-state index contributed by atoms with van der Waals surface area (Å²) < 4.78 is 0. The van der Waals surface area contributed by atoms with Gasteiger partial charge in [0.15, 0.2) is 0 Å². The summed E-state index contributed by atoms with van der Waals surface area (Å²) in [6.07, 6.45) is 67.3. The molecule has 62 heavy (non-hydrogen) atoms. The summed E-state index contributed by atoms with van der Waals surface area (Å²) in [5, 5.41) is 33.7. The van der Waals surface area contributed by atoms with E-state index in [9.17, 15) is 20.1 Å². The standard InChI is InChI=1S/C57H109NO4/c1-3-5-7-9-11-13-15-17-19-21-23-24-25-26-27-28-29-30-31-32-34-36-38-40-42-44-46-48-50-52-56(61)58-54(53-59)57(62)55(60)51-49-47-45-43-41-39-37-35-33-22-20-18-16-14-12-10-8-6-4-2/h26-27,35,37,43,45,54-55,57,59-60,62H,3-25,28-34,36,38-42,44,46-53H2,1-2H3,(H,58,61)/b27-26-,37-35+,45-43+. The van der Waals surface area contributed by atoms with Crippen LogP contribution in [0.15, 0.2) is 36.5 Å². The first-order valence-corrected chi connectivity index (χ1v) is 27.8. The number of rotatable bonds is 51. The highest BCUT2D eigenvalue weighted by atomic mass is 16.3. The highest BCUT2D eigenvalue weighted by Crippen LogP contribution is 2.17. The van der Waals surface area contributed by atoms with Gasteiger partial charge in [0.1, 0.15) is 6.10 Å². The fraction of sp³-hybridized carbons (Fsp3) is 0.877. The number of nitrogens with one attached hydrogen (secondary N) is 1. The zero-order valence-electron chi connectivity index (χ0n) is 41.8. The van der Waals surface area contributed by atoms with Gasteiger partial charge < -0.3 is 20.6 Å². The van der Waals surface area contributed by atoms with Crippen molar-refractivity contribution in [3.8, 4) is 0 Å². The van der Waals surface area contributed by atoms with Gasteiger partial charge in [0.25, 0.3) is 0 Å². The van der Waals surface area contributed by atoms with E-state index < -0.39 is 18.2 Å². The van der Waals surface area contributed by atoms with E-state index in [1.54, 1.807) is 0 Å². The van der Waals surface area contributed by atoms with E-state index in [2.05, 4.69) is 55.6 Å². The number of aliphatic hydroxyl groups excluding tert-OH is 3. The number of allylic oxidation sites excluding steroid dienone is 6. The van der Waals surface area contributed by atoms with Crippen molar-refractivity contribution in [3.05, 3.63) is 36.5 Å². The van der Waals surface area contributed by atoms with Crippen LogP contribution in [0.25, 0.3) is 0 Å². The molecule has 3 unspecified atom stereocenters. The number of amides is 1. The van der Waals surface area contributed by atoms with Crippen LogP contribution in [0.1, 0.15) is 296 Å².